The molecule has 8 heteroatoms. The molecule has 3 rings (SSSR count). The number of halogens is 1. The second-order valence-corrected chi connectivity index (χ2v) is 5.95. The minimum Gasteiger partial charge on any atom is -0.314 e. The fourth-order valence-electron chi connectivity index (χ4n) is 2.34. The molecule has 0 fully saturated rings. The van der Waals surface area contributed by atoms with E-state index in [0.717, 1.165) is 0 Å². The SMILES string of the molecule is CCn1c(=NC(=O)c2ccc([N+](=O)[O-])cc2)sc2cccc(F)c21. The van der Waals surface area contributed by atoms with Crippen molar-refractivity contribution in [3.05, 3.63) is 68.8 Å². The van der Waals surface area contributed by atoms with Crippen LogP contribution in [0.4, 0.5) is 10.1 Å². The van der Waals surface area contributed by atoms with E-state index in [2.05, 4.69) is 4.99 Å². The van der Waals surface area contributed by atoms with Gasteiger partial charge in [-0.3, -0.25) is 14.9 Å². The van der Waals surface area contributed by atoms with E-state index < -0.39 is 10.8 Å². The summed E-state index contributed by atoms with van der Waals surface area (Å²) in [6.07, 6.45) is 0. The standard InChI is InChI=1S/C16H12FN3O3S/c1-2-19-14-12(17)4-3-5-13(14)24-16(19)18-15(21)10-6-8-11(9-7-10)20(22)23/h3-9H,2H2,1H3. The van der Waals surface area contributed by atoms with Crippen LogP contribution in [-0.2, 0) is 6.54 Å². The third-order valence-corrected chi connectivity index (χ3v) is 4.53. The normalized spacial score (nSPS) is 11.8. The molecule has 24 heavy (non-hydrogen) atoms. The Labute approximate surface area is 139 Å². The zero-order valence-electron chi connectivity index (χ0n) is 12.6. The number of aryl methyl sites for hydroxylation is 1. The number of nitro groups is 1. The molecule has 0 radical (unpaired) electrons. The maximum absolute atomic E-state index is 14.0. The van der Waals surface area contributed by atoms with Crippen molar-refractivity contribution in [2.45, 2.75) is 13.5 Å². The number of hydrogen-bond donors (Lipinski definition) is 0. The van der Waals surface area contributed by atoms with Crippen molar-refractivity contribution in [3.8, 4) is 0 Å². The van der Waals surface area contributed by atoms with Crippen LogP contribution >= 0.6 is 11.3 Å². The third-order valence-electron chi connectivity index (χ3n) is 3.49. The number of thiazole rings is 1. The summed E-state index contributed by atoms with van der Waals surface area (Å²) in [4.78, 5) is 26.8. The van der Waals surface area contributed by atoms with Gasteiger partial charge >= 0.3 is 0 Å². The molecule has 3 aromatic rings. The average molecular weight is 345 g/mol. The Morgan fingerprint density at radius 1 is 1.29 bits per heavy atom. The van der Waals surface area contributed by atoms with Crippen LogP contribution < -0.4 is 4.80 Å². The first-order valence-electron chi connectivity index (χ1n) is 7.12. The van der Waals surface area contributed by atoms with E-state index in [4.69, 9.17) is 0 Å². The van der Waals surface area contributed by atoms with Gasteiger partial charge in [0, 0.05) is 24.2 Å². The number of carbonyl (C=O) groups excluding carboxylic acids is 1. The molecule has 0 unspecified atom stereocenters. The monoisotopic (exact) mass is 345 g/mol. The van der Waals surface area contributed by atoms with Crippen molar-refractivity contribution in [1.82, 2.24) is 4.57 Å². The Bertz CT molecular complexity index is 1010. The van der Waals surface area contributed by atoms with Crippen LogP contribution in [0.3, 0.4) is 0 Å². The number of non-ortho nitro benzene ring substituents is 1. The van der Waals surface area contributed by atoms with Gasteiger partial charge in [0.15, 0.2) is 4.80 Å². The highest BCUT2D eigenvalue weighted by Crippen LogP contribution is 2.20. The van der Waals surface area contributed by atoms with Crippen LogP contribution in [0.1, 0.15) is 17.3 Å². The molecule has 0 atom stereocenters. The Morgan fingerprint density at radius 3 is 2.62 bits per heavy atom. The van der Waals surface area contributed by atoms with Crippen molar-refractivity contribution in [2.75, 3.05) is 0 Å². The van der Waals surface area contributed by atoms with Crippen LogP contribution in [0.2, 0.25) is 0 Å². The largest absolute Gasteiger partial charge is 0.314 e. The van der Waals surface area contributed by atoms with E-state index in [0.29, 0.717) is 21.6 Å². The number of nitrogens with zero attached hydrogens (tertiary/aromatic N) is 3. The van der Waals surface area contributed by atoms with E-state index in [1.165, 1.54) is 41.7 Å². The van der Waals surface area contributed by atoms with Crippen molar-refractivity contribution in [2.24, 2.45) is 4.99 Å². The van der Waals surface area contributed by atoms with Gasteiger partial charge in [0.05, 0.1) is 15.1 Å². The zero-order chi connectivity index (χ0) is 17.3. The summed E-state index contributed by atoms with van der Waals surface area (Å²) >= 11 is 1.22. The van der Waals surface area contributed by atoms with Gasteiger partial charge in [-0.05, 0) is 31.2 Å². The number of rotatable bonds is 3. The van der Waals surface area contributed by atoms with Crippen molar-refractivity contribution >= 4 is 33.1 Å². The number of hydrogen-bond acceptors (Lipinski definition) is 4. The minimum atomic E-state index is -0.537. The molecule has 0 N–H and O–H groups in total. The van der Waals surface area contributed by atoms with Crippen LogP contribution in [-0.4, -0.2) is 15.4 Å². The second-order valence-electron chi connectivity index (χ2n) is 4.94. The van der Waals surface area contributed by atoms with Gasteiger partial charge in [0.2, 0.25) is 0 Å². The molecule has 122 valence electrons. The van der Waals surface area contributed by atoms with Gasteiger partial charge in [0.25, 0.3) is 11.6 Å². The molecular formula is C16H12FN3O3S. The molecule has 0 aliphatic carbocycles. The predicted octanol–water partition coefficient (Wildman–Crippen LogP) is 3.51. The third kappa shape index (κ3) is 2.83. The number of aromatic nitrogens is 1. The van der Waals surface area contributed by atoms with Gasteiger partial charge in [-0.1, -0.05) is 17.4 Å². The second kappa shape index (κ2) is 6.32. The van der Waals surface area contributed by atoms with Gasteiger partial charge in [-0.15, -0.1) is 0 Å². The van der Waals surface area contributed by atoms with Crippen molar-refractivity contribution < 1.29 is 14.1 Å². The minimum absolute atomic E-state index is 0.0981. The summed E-state index contributed by atoms with van der Waals surface area (Å²) in [5.41, 5.74) is 0.556. The first-order chi connectivity index (χ1) is 11.5. The zero-order valence-corrected chi connectivity index (χ0v) is 13.4. The van der Waals surface area contributed by atoms with Crippen LogP contribution in [0.15, 0.2) is 47.5 Å². The number of fused-ring (bicyclic) bond motifs is 1. The average Bonchev–Trinajstić information content (AvgIpc) is 2.93. The maximum Gasteiger partial charge on any atom is 0.279 e. The summed E-state index contributed by atoms with van der Waals surface area (Å²) in [5.74, 6) is -0.895. The first kappa shape index (κ1) is 16.0. The lowest BCUT2D eigenvalue weighted by molar-refractivity contribution is -0.384. The van der Waals surface area contributed by atoms with E-state index in [-0.39, 0.29) is 17.1 Å². The molecule has 0 aliphatic rings. The smallest absolute Gasteiger partial charge is 0.279 e. The lowest BCUT2D eigenvalue weighted by Gasteiger charge is -2.01. The molecule has 2 aromatic carbocycles. The van der Waals surface area contributed by atoms with E-state index in [1.807, 2.05) is 6.92 Å². The molecule has 0 saturated carbocycles. The van der Waals surface area contributed by atoms with Crippen molar-refractivity contribution in [3.63, 3.8) is 0 Å². The topological polar surface area (TPSA) is 77.5 Å². The number of nitro benzene ring substituents is 1. The summed E-state index contributed by atoms with van der Waals surface area (Å²) in [5, 5.41) is 10.6. The van der Waals surface area contributed by atoms with Crippen molar-refractivity contribution in [1.29, 1.82) is 0 Å². The van der Waals surface area contributed by atoms with E-state index >= 15 is 0 Å². The van der Waals surface area contributed by atoms with Crippen LogP contribution in [0.5, 0.6) is 0 Å². The van der Waals surface area contributed by atoms with Gasteiger partial charge in [-0.2, -0.15) is 4.99 Å². The molecule has 0 bridgehead atoms. The number of carbonyl (C=O) groups is 1. The predicted molar refractivity (Wildman–Crippen MR) is 88.4 cm³/mol. The number of para-hydroxylation sites is 1. The Morgan fingerprint density at radius 2 is 2.00 bits per heavy atom. The van der Waals surface area contributed by atoms with E-state index in [9.17, 15) is 19.3 Å². The summed E-state index contributed by atoms with van der Waals surface area (Å²) in [6.45, 7) is 2.31. The maximum atomic E-state index is 14.0. The lowest BCUT2D eigenvalue weighted by Crippen LogP contribution is -2.16. The van der Waals surface area contributed by atoms with Crippen LogP contribution in [0, 0.1) is 15.9 Å². The highest BCUT2D eigenvalue weighted by Gasteiger charge is 2.12. The lowest BCUT2D eigenvalue weighted by atomic mass is 10.2. The highest BCUT2D eigenvalue weighted by atomic mass is 32.1. The molecule has 0 spiro atoms. The number of amides is 1. The Hall–Kier alpha value is -2.87. The van der Waals surface area contributed by atoms with Gasteiger partial charge < -0.3 is 4.57 Å². The molecular weight excluding hydrogens is 333 g/mol. The molecule has 0 saturated heterocycles. The molecule has 1 aromatic heterocycles. The highest BCUT2D eigenvalue weighted by molar-refractivity contribution is 7.16. The molecule has 1 amide bonds. The quantitative estimate of drug-likeness (QED) is 0.538. The first-order valence-corrected chi connectivity index (χ1v) is 7.94. The van der Waals surface area contributed by atoms with Gasteiger partial charge in [0.1, 0.15) is 5.82 Å². The molecule has 1 heterocycles. The summed E-state index contributed by atoms with van der Waals surface area (Å²) in [6, 6.07) is 9.95. The fourth-order valence-corrected chi connectivity index (χ4v) is 3.45. The van der Waals surface area contributed by atoms with Crippen LogP contribution in [0.25, 0.3) is 10.2 Å². The Kier molecular flexibility index (Phi) is 4.22. The molecule has 6 nitrogen and oxygen atoms in total. The van der Waals surface area contributed by atoms with Gasteiger partial charge in [-0.25, -0.2) is 4.39 Å². The Balaban J connectivity index is 2.07. The molecule has 0 aliphatic heterocycles. The summed E-state index contributed by atoms with van der Waals surface area (Å²) < 4.78 is 16.4. The fraction of sp³-hybridized carbons (Fsp3) is 0.125. The summed E-state index contributed by atoms with van der Waals surface area (Å²) in [7, 11) is 0. The number of benzene rings is 2. The van der Waals surface area contributed by atoms with E-state index in [1.54, 1.807) is 16.7 Å².